The number of halogens is 1. The fraction of sp³-hybridized carbons (Fsp3) is 0.625. The molecule has 0 saturated carbocycles. The molecular formula is C16H25ClN2O3S. The first-order valence-corrected chi connectivity index (χ1v) is 9.94. The molecule has 130 valence electrons. The number of hydrogen-bond acceptors (Lipinski definition) is 4. The van der Waals surface area contributed by atoms with Crippen LogP contribution in [-0.4, -0.2) is 52.2 Å². The van der Waals surface area contributed by atoms with E-state index in [-0.39, 0.29) is 11.8 Å². The smallest absolute Gasteiger partial charge is 0.215 e. The summed E-state index contributed by atoms with van der Waals surface area (Å²) in [4.78, 5) is 2.30. The Morgan fingerprint density at radius 1 is 1.26 bits per heavy atom. The Kier molecular flexibility index (Phi) is 6.85. The van der Waals surface area contributed by atoms with E-state index >= 15 is 0 Å². The van der Waals surface area contributed by atoms with Gasteiger partial charge in [0.1, 0.15) is 0 Å². The van der Waals surface area contributed by atoms with E-state index in [4.69, 9.17) is 16.3 Å². The van der Waals surface area contributed by atoms with Crippen LogP contribution in [0.15, 0.2) is 24.3 Å². The van der Waals surface area contributed by atoms with Crippen LogP contribution in [0.2, 0.25) is 5.02 Å². The van der Waals surface area contributed by atoms with Gasteiger partial charge >= 0.3 is 0 Å². The number of morpholine rings is 1. The molecule has 7 heteroatoms. The Morgan fingerprint density at radius 2 is 1.91 bits per heavy atom. The molecule has 1 aromatic rings. The van der Waals surface area contributed by atoms with Crippen LogP contribution < -0.4 is 4.72 Å². The van der Waals surface area contributed by atoms with Gasteiger partial charge in [-0.15, -0.1) is 0 Å². The highest BCUT2D eigenvalue weighted by Gasteiger charge is 2.25. The third kappa shape index (κ3) is 5.72. The van der Waals surface area contributed by atoms with Crippen LogP contribution in [-0.2, 0) is 20.5 Å². The number of rotatable bonds is 7. The fourth-order valence-corrected chi connectivity index (χ4v) is 4.25. The molecule has 2 rings (SSSR count). The van der Waals surface area contributed by atoms with Crippen molar-refractivity contribution in [2.75, 3.05) is 32.8 Å². The summed E-state index contributed by atoms with van der Waals surface area (Å²) in [5.74, 6) is 0.261. The van der Waals surface area contributed by atoms with Crippen LogP contribution in [0, 0.1) is 5.92 Å². The zero-order chi connectivity index (χ0) is 16.9. The third-order valence-corrected chi connectivity index (χ3v) is 5.77. The molecule has 0 spiro atoms. The summed E-state index contributed by atoms with van der Waals surface area (Å²) in [6.07, 6.45) is 0. The molecule has 23 heavy (non-hydrogen) atoms. The molecule has 1 saturated heterocycles. The molecule has 1 N–H and O–H groups in total. The molecule has 0 bridgehead atoms. The molecular weight excluding hydrogens is 336 g/mol. The van der Waals surface area contributed by atoms with Crippen LogP contribution >= 0.6 is 11.6 Å². The van der Waals surface area contributed by atoms with Crippen molar-refractivity contribution in [1.82, 2.24) is 9.62 Å². The van der Waals surface area contributed by atoms with Crippen molar-refractivity contribution >= 4 is 21.6 Å². The van der Waals surface area contributed by atoms with Crippen LogP contribution in [0.3, 0.4) is 0 Å². The monoisotopic (exact) mass is 360 g/mol. The largest absolute Gasteiger partial charge is 0.379 e. The number of nitrogens with zero attached hydrogens (tertiary/aromatic N) is 1. The average Bonchev–Trinajstić information content (AvgIpc) is 2.50. The van der Waals surface area contributed by atoms with Gasteiger partial charge in [-0.1, -0.05) is 43.6 Å². The minimum atomic E-state index is -3.42. The Hall–Kier alpha value is -0.660. The summed E-state index contributed by atoms with van der Waals surface area (Å²) in [6, 6.07) is 7.20. The van der Waals surface area contributed by atoms with Crippen LogP contribution in [0.5, 0.6) is 0 Å². The minimum absolute atomic E-state index is 0.0966. The first-order chi connectivity index (χ1) is 10.9. The second-order valence-electron chi connectivity index (χ2n) is 6.16. The molecule has 1 aliphatic heterocycles. The van der Waals surface area contributed by atoms with E-state index in [0.717, 1.165) is 13.1 Å². The summed E-state index contributed by atoms with van der Waals surface area (Å²) in [5, 5.41) is 0.478. The van der Waals surface area contributed by atoms with Crippen LogP contribution in [0.25, 0.3) is 0 Å². The zero-order valence-electron chi connectivity index (χ0n) is 13.7. The van der Waals surface area contributed by atoms with Gasteiger partial charge in [-0.05, 0) is 17.5 Å². The van der Waals surface area contributed by atoms with Gasteiger partial charge in [0.15, 0.2) is 0 Å². The minimum Gasteiger partial charge on any atom is -0.379 e. The standard InChI is InChI=1S/C16H25ClN2O3S/c1-13(2)16(19-7-9-22-10-8-19)11-18-23(20,21)12-14-5-3-4-6-15(14)17/h3-6,13,16,18H,7-12H2,1-2H3. The maximum absolute atomic E-state index is 12.3. The lowest BCUT2D eigenvalue weighted by Gasteiger charge is -2.36. The van der Waals surface area contributed by atoms with E-state index in [2.05, 4.69) is 23.5 Å². The van der Waals surface area contributed by atoms with Crippen LogP contribution in [0.4, 0.5) is 0 Å². The maximum Gasteiger partial charge on any atom is 0.215 e. The van der Waals surface area contributed by atoms with Crippen molar-refractivity contribution in [3.8, 4) is 0 Å². The highest BCUT2D eigenvalue weighted by atomic mass is 35.5. The topological polar surface area (TPSA) is 58.6 Å². The van der Waals surface area contributed by atoms with E-state index in [1.165, 1.54) is 0 Å². The Labute approximate surface area is 144 Å². The zero-order valence-corrected chi connectivity index (χ0v) is 15.2. The van der Waals surface area contributed by atoms with E-state index in [1.807, 2.05) is 0 Å². The predicted molar refractivity (Wildman–Crippen MR) is 93.1 cm³/mol. The summed E-state index contributed by atoms with van der Waals surface area (Å²) in [7, 11) is -3.42. The molecule has 1 fully saturated rings. The van der Waals surface area contributed by atoms with E-state index in [9.17, 15) is 8.42 Å². The molecule has 5 nitrogen and oxygen atoms in total. The number of nitrogens with one attached hydrogen (secondary N) is 1. The lowest BCUT2D eigenvalue weighted by molar-refractivity contribution is 0.00776. The van der Waals surface area contributed by atoms with Gasteiger partial charge in [-0.2, -0.15) is 0 Å². The Morgan fingerprint density at radius 3 is 2.52 bits per heavy atom. The number of ether oxygens (including phenoxy) is 1. The maximum atomic E-state index is 12.3. The average molecular weight is 361 g/mol. The molecule has 0 radical (unpaired) electrons. The number of sulfonamides is 1. The highest BCUT2D eigenvalue weighted by Crippen LogP contribution is 2.18. The van der Waals surface area contributed by atoms with Crippen molar-refractivity contribution < 1.29 is 13.2 Å². The first-order valence-electron chi connectivity index (χ1n) is 7.91. The third-order valence-electron chi connectivity index (χ3n) is 4.10. The summed E-state index contributed by atoms with van der Waals surface area (Å²) >= 11 is 6.05. The van der Waals surface area contributed by atoms with Crippen molar-refractivity contribution in [2.24, 2.45) is 5.92 Å². The van der Waals surface area contributed by atoms with Crippen molar-refractivity contribution in [3.05, 3.63) is 34.9 Å². The molecule has 1 atom stereocenters. The van der Waals surface area contributed by atoms with Gasteiger partial charge < -0.3 is 4.74 Å². The Bertz CT molecular complexity index is 601. The first kappa shape index (κ1) is 18.7. The highest BCUT2D eigenvalue weighted by molar-refractivity contribution is 7.88. The Balaban J connectivity index is 1.97. The van der Waals surface area contributed by atoms with E-state index in [0.29, 0.717) is 36.3 Å². The van der Waals surface area contributed by atoms with Gasteiger partial charge in [0.25, 0.3) is 0 Å². The van der Waals surface area contributed by atoms with Crippen molar-refractivity contribution in [3.63, 3.8) is 0 Å². The lowest BCUT2D eigenvalue weighted by atomic mass is 10.0. The van der Waals surface area contributed by atoms with E-state index < -0.39 is 10.0 Å². The van der Waals surface area contributed by atoms with Gasteiger partial charge in [0.2, 0.25) is 10.0 Å². The van der Waals surface area contributed by atoms with Gasteiger partial charge in [0.05, 0.1) is 19.0 Å². The molecule has 1 unspecified atom stereocenters. The molecule has 0 aromatic heterocycles. The second kappa shape index (κ2) is 8.44. The molecule has 0 aliphatic carbocycles. The number of hydrogen-bond donors (Lipinski definition) is 1. The van der Waals surface area contributed by atoms with Gasteiger partial charge in [0, 0.05) is 30.7 Å². The van der Waals surface area contributed by atoms with Crippen molar-refractivity contribution in [2.45, 2.75) is 25.6 Å². The summed E-state index contributed by atoms with van der Waals surface area (Å²) in [5.41, 5.74) is 0.620. The molecule has 1 aliphatic rings. The summed E-state index contributed by atoms with van der Waals surface area (Å²) < 4.78 is 32.8. The normalized spacial score (nSPS) is 18.3. The SMILES string of the molecule is CC(C)C(CNS(=O)(=O)Cc1ccccc1Cl)N1CCOCC1. The lowest BCUT2D eigenvalue weighted by Crippen LogP contribution is -2.51. The van der Waals surface area contributed by atoms with Crippen molar-refractivity contribution in [1.29, 1.82) is 0 Å². The second-order valence-corrected chi connectivity index (χ2v) is 8.37. The van der Waals surface area contributed by atoms with E-state index in [1.54, 1.807) is 24.3 Å². The fourth-order valence-electron chi connectivity index (χ4n) is 2.78. The summed E-state index contributed by atoms with van der Waals surface area (Å²) in [6.45, 7) is 7.73. The quantitative estimate of drug-likeness (QED) is 0.809. The van der Waals surface area contributed by atoms with Crippen LogP contribution in [0.1, 0.15) is 19.4 Å². The number of benzene rings is 1. The molecule has 0 amide bonds. The molecule has 1 aromatic carbocycles. The van der Waals surface area contributed by atoms with Gasteiger partial charge in [-0.3, -0.25) is 4.90 Å². The van der Waals surface area contributed by atoms with Gasteiger partial charge in [-0.25, -0.2) is 13.1 Å². The molecule has 1 heterocycles. The predicted octanol–water partition coefficient (Wildman–Crippen LogP) is 2.12.